The number of carbonyl (C=O) groups is 1. The van der Waals surface area contributed by atoms with Crippen LogP contribution in [0.25, 0.3) is 0 Å². The Morgan fingerprint density at radius 3 is 2.45 bits per heavy atom. The second-order valence-corrected chi connectivity index (χ2v) is 5.07. The number of benzene rings is 1. The molecular weight excluding hydrogens is 254 g/mol. The van der Waals surface area contributed by atoms with Crippen LogP contribution in [-0.4, -0.2) is 25.2 Å². The van der Waals surface area contributed by atoms with Crippen molar-refractivity contribution in [1.29, 1.82) is 0 Å². The van der Waals surface area contributed by atoms with Crippen LogP contribution in [0.3, 0.4) is 0 Å². The third-order valence-electron chi connectivity index (χ3n) is 3.48. The van der Waals surface area contributed by atoms with E-state index in [2.05, 4.69) is 5.32 Å². The number of carbonyl (C=O) groups excluding carboxylic acids is 1. The SMILES string of the molecule is CCOc1ccccc1OCC(=O)NC1CCCCC1. The Morgan fingerprint density at radius 1 is 1.15 bits per heavy atom. The molecule has 0 atom stereocenters. The van der Waals surface area contributed by atoms with Crippen molar-refractivity contribution in [2.45, 2.75) is 45.1 Å². The summed E-state index contributed by atoms with van der Waals surface area (Å²) in [5.74, 6) is 1.25. The molecule has 0 bridgehead atoms. The van der Waals surface area contributed by atoms with E-state index in [1.807, 2.05) is 31.2 Å². The molecule has 1 amide bonds. The zero-order chi connectivity index (χ0) is 14.2. The Morgan fingerprint density at radius 2 is 1.80 bits per heavy atom. The first-order valence-corrected chi connectivity index (χ1v) is 7.43. The number of rotatable bonds is 6. The highest BCUT2D eigenvalue weighted by Gasteiger charge is 2.16. The minimum Gasteiger partial charge on any atom is -0.490 e. The van der Waals surface area contributed by atoms with Gasteiger partial charge in [0.1, 0.15) is 0 Å². The normalized spacial score (nSPS) is 15.7. The van der Waals surface area contributed by atoms with Gasteiger partial charge < -0.3 is 14.8 Å². The van der Waals surface area contributed by atoms with Gasteiger partial charge in [0.15, 0.2) is 18.1 Å². The molecular formula is C16H23NO3. The molecule has 1 aromatic carbocycles. The quantitative estimate of drug-likeness (QED) is 0.869. The molecule has 0 unspecified atom stereocenters. The number of para-hydroxylation sites is 2. The summed E-state index contributed by atoms with van der Waals surface area (Å²) in [4.78, 5) is 11.9. The van der Waals surface area contributed by atoms with Gasteiger partial charge in [-0.3, -0.25) is 4.79 Å². The molecule has 1 N–H and O–H groups in total. The molecule has 4 heteroatoms. The second-order valence-electron chi connectivity index (χ2n) is 5.07. The van der Waals surface area contributed by atoms with Crippen molar-refractivity contribution in [2.75, 3.05) is 13.2 Å². The van der Waals surface area contributed by atoms with Crippen molar-refractivity contribution < 1.29 is 14.3 Å². The predicted molar refractivity (Wildman–Crippen MR) is 78.1 cm³/mol. The molecule has 0 saturated heterocycles. The van der Waals surface area contributed by atoms with Crippen LogP contribution in [0, 0.1) is 0 Å². The number of hydrogen-bond donors (Lipinski definition) is 1. The summed E-state index contributed by atoms with van der Waals surface area (Å²) < 4.78 is 11.0. The Kier molecular flexibility index (Phi) is 5.71. The fourth-order valence-electron chi connectivity index (χ4n) is 2.50. The highest BCUT2D eigenvalue weighted by molar-refractivity contribution is 5.77. The van der Waals surface area contributed by atoms with Crippen molar-refractivity contribution >= 4 is 5.91 Å². The van der Waals surface area contributed by atoms with E-state index in [1.54, 1.807) is 0 Å². The molecule has 0 radical (unpaired) electrons. The fraction of sp³-hybridized carbons (Fsp3) is 0.562. The van der Waals surface area contributed by atoms with E-state index < -0.39 is 0 Å². The molecule has 4 nitrogen and oxygen atoms in total. The third kappa shape index (κ3) is 4.44. The highest BCUT2D eigenvalue weighted by Crippen LogP contribution is 2.26. The van der Waals surface area contributed by atoms with E-state index in [4.69, 9.17) is 9.47 Å². The van der Waals surface area contributed by atoms with Crippen LogP contribution in [-0.2, 0) is 4.79 Å². The molecule has 0 aromatic heterocycles. The van der Waals surface area contributed by atoms with Crippen molar-refractivity contribution in [1.82, 2.24) is 5.32 Å². The van der Waals surface area contributed by atoms with Gasteiger partial charge in [0.2, 0.25) is 0 Å². The molecule has 2 rings (SSSR count). The largest absolute Gasteiger partial charge is 0.490 e. The topological polar surface area (TPSA) is 47.6 Å². The molecule has 1 aliphatic rings. The van der Waals surface area contributed by atoms with Gasteiger partial charge in [0.05, 0.1) is 6.61 Å². The first kappa shape index (κ1) is 14.7. The Hall–Kier alpha value is -1.71. The van der Waals surface area contributed by atoms with E-state index in [1.165, 1.54) is 19.3 Å². The summed E-state index contributed by atoms with van der Waals surface area (Å²) in [7, 11) is 0. The number of ether oxygens (including phenoxy) is 2. The minimum absolute atomic E-state index is 0.0422. The van der Waals surface area contributed by atoms with E-state index in [0.29, 0.717) is 24.1 Å². The fourth-order valence-corrected chi connectivity index (χ4v) is 2.50. The van der Waals surface area contributed by atoms with Crippen LogP contribution in [0.5, 0.6) is 11.5 Å². The van der Waals surface area contributed by atoms with Crippen LogP contribution in [0.15, 0.2) is 24.3 Å². The zero-order valence-electron chi connectivity index (χ0n) is 12.1. The standard InChI is InChI=1S/C16H23NO3/c1-2-19-14-10-6-7-11-15(14)20-12-16(18)17-13-8-4-3-5-9-13/h6-7,10-11,13H,2-5,8-9,12H2,1H3,(H,17,18). The van der Waals surface area contributed by atoms with Gasteiger partial charge in [-0.15, -0.1) is 0 Å². The summed E-state index contributed by atoms with van der Waals surface area (Å²) >= 11 is 0. The summed E-state index contributed by atoms with van der Waals surface area (Å²) in [5.41, 5.74) is 0. The number of nitrogens with one attached hydrogen (secondary N) is 1. The Labute approximate surface area is 120 Å². The molecule has 0 heterocycles. The van der Waals surface area contributed by atoms with E-state index in [0.717, 1.165) is 12.8 Å². The molecule has 1 aliphatic carbocycles. The van der Waals surface area contributed by atoms with Crippen LogP contribution in [0.1, 0.15) is 39.0 Å². The maximum Gasteiger partial charge on any atom is 0.258 e. The average molecular weight is 277 g/mol. The Balaban J connectivity index is 1.80. The molecule has 110 valence electrons. The maximum absolute atomic E-state index is 11.9. The summed E-state index contributed by atoms with van der Waals surface area (Å²) in [6.07, 6.45) is 5.87. The van der Waals surface area contributed by atoms with Crippen LogP contribution in [0.4, 0.5) is 0 Å². The van der Waals surface area contributed by atoms with Crippen LogP contribution in [0.2, 0.25) is 0 Å². The van der Waals surface area contributed by atoms with Crippen LogP contribution >= 0.6 is 0 Å². The van der Waals surface area contributed by atoms with Gasteiger partial charge >= 0.3 is 0 Å². The smallest absolute Gasteiger partial charge is 0.258 e. The lowest BCUT2D eigenvalue weighted by atomic mass is 9.95. The average Bonchev–Trinajstić information content (AvgIpc) is 2.48. The molecule has 1 saturated carbocycles. The van der Waals surface area contributed by atoms with Crippen molar-refractivity contribution in [3.8, 4) is 11.5 Å². The summed E-state index contributed by atoms with van der Waals surface area (Å²) in [6, 6.07) is 7.75. The molecule has 1 fully saturated rings. The first-order chi connectivity index (χ1) is 9.79. The van der Waals surface area contributed by atoms with Gasteiger partial charge in [-0.05, 0) is 31.9 Å². The van der Waals surface area contributed by atoms with Gasteiger partial charge in [-0.25, -0.2) is 0 Å². The molecule has 20 heavy (non-hydrogen) atoms. The number of amides is 1. The van der Waals surface area contributed by atoms with E-state index in [-0.39, 0.29) is 12.5 Å². The van der Waals surface area contributed by atoms with E-state index >= 15 is 0 Å². The summed E-state index contributed by atoms with van der Waals surface area (Å²) in [5, 5.41) is 3.04. The third-order valence-corrected chi connectivity index (χ3v) is 3.48. The van der Waals surface area contributed by atoms with E-state index in [9.17, 15) is 4.79 Å². The lowest BCUT2D eigenvalue weighted by Crippen LogP contribution is -2.39. The lowest BCUT2D eigenvalue weighted by molar-refractivity contribution is -0.124. The van der Waals surface area contributed by atoms with Crippen molar-refractivity contribution in [3.63, 3.8) is 0 Å². The second kappa shape index (κ2) is 7.78. The molecule has 0 aliphatic heterocycles. The monoisotopic (exact) mass is 277 g/mol. The van der Waals surface area contributed by atoms with Crippen molar-refractivity contribution in [2.24, 2.45) is 0 Å². The summed E-state index contributed by atoms with van der Waals surface area (Å²) in [6.45, 7) is 2.54. The predicted octanol–water partition coefficient (Wildman–Crippen LogP) is 2.91. The van der Waals surface area contributed by atoms with Gasteiger partial charge in [-0.1, -0.05) is 31.4 Å². The highest BCUT2D eigenvalue weighted by atomic mass is 16.5. The molecule has 0 spiro atoms. The number of hydrogen-bond acceptors (Lipinski definition) is 3. The first-order valence-electron chi connectivity index (χ1n) is 7.43. The zero-order valence-corrected chi connectivity index (χ0v) is 12.1. The Bertz CT molecular complexity index is 427. The van der Waals surface area contributed by atoms with Crippen LogP contribution < -0.4 is 14.8 Å². The molecule has 1 aromatic rings. The minimum atomic E-state index is -0.0526. The van der Waals surface area contributed by atoms with Gasteiger partial charge in [-0.2, -0.15) is 0 Å². The maximum atomic E-state index is 11.9. The lowest BCUT2D eigenvalue weighted by Gasteiger charge is -2.22. The van der Waals surface area contributed by atoms with Gasteiger partial charge in [0, 0.05) is 6.04 Å². The van der Waals surface area contributed by atoms with Gasteiger partial charge in [0.25, 0.3) is 5.91 Å². The van der Waals surface area contributed by atoms with Crippen molar-refractivity contribution in [3.05, 3.63) is 24.3 Å².